The van der Waals surface area contributed by atoms with E-state index in [4.69, 9.17) is 0 Å². The third kappa shape index (κ3) is 2.44. The van der Waals surface area contributed by atoms with E-state index in [0.29, 0.717) is 5.75 Å². The van der Waals surface area contributed by atoms with Crippen molar-refractivity contribution in [3.05, 3.63) is 60.8 Å². The first-order chi connectivity index (χ1) is 10.9. The van der Waals surface area contributed by atoms with Crippen molar-refractivity contribution in [2.24, 2.45) is 0 Å². The van der Waals surface area contributed by atoms with Crippen molar-refractivity contribution in [2.75, 3.05) is 0 Å². The molecule has 8 heteroatoms. The summed E-state index contributed by atoms with van der Waals surface area (Å²) in [6, 6.07) is 9.82. The van der Waals surface area contributed by atoms with E-state index in [2.05, 4.69) is 25.5 Å². The van der Waals surface area contributed by atoms with Gasteiger partial charge in [0.25, 0.3) is 0 Å². The summed E-state index contributed by atoms with van der Waals surface area (Å²) in [6.07, 6.45) is 7.34. The van der Waals surface area contributed by atoms with Crippen molar-refractivity contribution < 1.29 is 0 Å². The molecule has 0 aliphatic rings. The first kappa shape index (κ1) is 13.0. The molecule has 108 valence electrons. The lowest BCUT2D eigenvalue weighted by atomic mass is 10.3. The van der Waals surface area contributed by atoms with Gasteiger partial charge in [-0.1, -0.05) is 30.0 Å². The van der Waals surface area contributed by atoms with Crippen LogP contribution in [0.4, 0.5) is 0 Å². The second-order valence-electron chi connectivity index (χ2n) is 4.57. The molecule has 0 aliphatic heterocycles. The van der Waals surface area contributed by atoms with Gasteiger partial charge in [-0.25, -0.2) is 4.98 Å². The van der Waals surface area contributed by atoms with Gasteiger partial charge in [-0.2, -0.15) is 4.68 Å². The van der Waals surface area contributed by atoms with Crippen LogP contribution in [0.5, 0.6) is 0 Å². The number of imidazole rings is 1. The Bertz CT molecular complexity index is 867. The molecule has 1 aromatic carbocycles. The third-order valence-electron chi connectivity index (χ3n) is 3.10. The fourth-order valence-corrected chi connectivity index (χ4v) is 2.88. The lowest BCUT2D eigenvalue weighted by molar-refractivity contribution is 0.756. The second-order valence-corrected chi connectivity index (χ2v) is 5.51. The van der Waals surface area contributed by atoms with Gasteiger partial charge in [0, 0.05) is 24.3 Å². The summed E-state index contributed by atoms with van der Waals surface area (Å²) < 4.78 is 3.67. The molecule has 0 N–H and O–H groups in total. The largest absolute Gasteiger partial charge is 0.304 e. The molecule has 0 bridgehead atoms. The van der Waals surface area contributed by atoms with E-state index in [1.165, 1.54) is 0 Å². The number of fused-ring (bicyclic) bond motifs is 1. The van der Waals surface area contributed by atoms with Gasteiger partial charge in [-0.3, -0.25) is 4.98 Å². The summed E-state index contributed by atoms with van der Waals surface area (Å²) in [5.41, 5.74) is 2.73. The minimum atomic E-state index is 0.689. The molecule has 0 saturated heterocycles. The number of nitrogens with zero attached hydrogens (tertiary/aromatic N) is 7. The van der Waals surface area contributed by atoms with Crippen molar-refractivity contribution in [1.29, 1.82) is 0 Å². The molecule has 0 atom stereocenters. The highest BCUT2D eigenvalue weighted by atomic mass is 32.2. The Morgan fingerprint density at radius 1 is 1.14 bits per heavy atom. The maximum absolute atomic E-state index is 4.52. The monoisotopic (exact) mass is 309 g/mol. The van der Waals surface area contributed by atoms with Crippen molar-refractivity contribution in [2.45, 2.75) is 10.9 Å². The van der Waals surface area contributed by atoms with Gasteiger partial charge in [0.15, 0.2) is 5.65 Å². The van der Waals surface area contributed by atoms with E-state index in [0.717, 1.165) is 22.2 Å². The van der Waals surface area contributed by atoms with Crippen LogP contribution >= 0.6 is 11.8 Å². The van der Waals surface area contributed by atoms with Crippen LogP contribution in [0.2, 0.25) is 0 Å². The fourth-order valence-electron chi connectivity index (χ4n) is 2.10. The molecule has 3 aromatic heterocycles. The smallest absolute Gasteiger partial charge is 0.214 e. The van der Waals surface area contributed by atoms with Crippen LogP contribution in [0.1, 0.15) is 5.69 Å². The van der Waals surface area contributed by atoms with E-state index in [1.807, 2.05) is 47.1 Å². The van der Waals surface area contributed by atoms with Crippen LogP contribution in [0.3, 0.4) is 0 Å². The van der Waals surface area contributed by atoms with Gasteiger partial charge in [-0.15, -0.1) is 5.10 Å². The predicted octanol–water partition coefficient (Wildman–Crippen LogP) is 2.00. The molecule has 0 amide bonds. The number of aromatic nitrogens is 7. The van der Waals surface area contributed by atoms with Crippen LogP contribution in [-0.2, 0) is 5.75 Å². The lowest BCUT2D eigenvalue weighted by Crippen LogP contribution is -1.98. The third-order valence-corrected chi connectivity index (χ3v) is 4.06. The van der Waals surface area contributed by atoms with Crippen molar-refractivity contribution in [3.8, 4) is 5.69 Å². The Labute approximate surface area is 130 Å². The van der Waals surface area contributed by atoms with Crippen LogP contribution in [0, 0.1) is 0 Å². The molecule has 4 rings (SSSR count). The maximum Gasteiger partial charge on any atom is 0.214 e. The summed E-state index contributed by atoms with van der Waals surface area (Å²) in [4.78, 5) is 8.58. The zero-order valence-corrected chi connectivity index (χ0v) is 12.3. The molecule has 0 aliphatic carbocycles. The quantitative estimate of drug-likeness (QED) is 0.537. The Morgan fingerprint density at radius 3 is 2.91 bits per heavy atom. The Morgan fingerprint density at radius 2 is 2.05 bits per heavy atom. The molecule has 3 heterocycles. The normalized spacial score (nSPS) is 11.1. The minimum absolute atomic E-state index is 0.689. The summed E-state index contributed by atoms with van der Waals surface area (Å²) in [6.45, 7) is 0. The number of tetrazole rings is 1. The first-order valence-corrected chi connectivity index (χ1v) is 7.63. The molecule has 0 fully saturated rings. The summed E-state index contributed by atoms with van der Waals surface area (Å²) in [7, 11) is 0. The van der Waals surface area contributed by atoms with E-state index in [9.17, 15) is 0 Å². The summed E-state index contributed by atoms with van der Waals surface area (Å²) in [5, 5.41) is 12.6. The van der Waals surface area contributed by atoms with Crippen molar-refractivity contribution >= 4 is 17.4 Å². The molecule has 0 saturated carbocycles. The molecule has 4 aromatic rings. The average Bonchev–Trinajstić information content (AvgIpc) is 3.20. The van der Waals surface area contributed by atoms with Gasteiger partial charge in [0.2, 0.25) is 5.16 Å². The van der Waals surface area contributed by atoms with Crippen molar-refractivity contribution in [1.82, 2.24) is 34.6 Å². The summed E-state index contributed by atoms with van der Waals surface area (Å²) in [5.74, 6) is 0.689. The second kappa shape index (κ2) is 5.57. The lowest BCUT2D eigenvalue weighted by Gasteiger charge is -2.02. The van der Waals surface area contributed by atoms with E-state index < -0.39 is 0 Å². The highest BCUT2D eigenvalue weighted by molar-refractivity contribution is 7.98. The van der Waals surface area contributed by atoms with Gasteiger partial charge in [0.1, 0.15) is 0 Å². The Hall–Kier alpha value is -2.74. The van der Waals surface area contributed by atoms with Crippen molar-refractivity contribution in [3.63, 3.8) is 0 Å². The van der Waals surface area contributed by atoms with Gasteiger partial charge in [-0.05, 0) is 22.6 Å². The Balaban J connectivity index is 1.56. The number of hydrogen-bond acceptors (Lipinski definition) is 6. The SMILES string of the molecule is c1ccc(-n2nnnc2SCc2cn3ccncc3n2)cc1. The van der Waals surface area contributed by atoms with E-state index in [1.54, 1.807) is 28.8 Å². The summed E-state index contributed by atoms with van der Waals surface area (Å²) >= 11 is 1.55. The zero-order chi connectivity index (χ0) is 14.8. The molecule has 0 radical (unpaired) electrons. The van der Waals surface area contributed by atoms with Gasteiger partial charge >= 0.3 is 0 Å². The van der Waals surface area contributed by atoms with Crippen LogP contribution in [0.25, 0.3) is 11.3 Å². The predicted molar refractivity (Wildman–Crippen MR) is 81.7 cm³/mol. The first-order valence-electron chi connectivity index (χ1n) is 6.64. The van der Waals surface area contributed by atoms with Crippen LogP contribution in [-0.4, -0.2) is 34.6 Å². The van der Waals surface area contributed by atoms with Gasteiger partial charge in [0.05, 0.1) is 17.6 Å². The highest BCUT2D eigenvalue weighted by Crippen LogP contribution is 2.22. The molecule has 22 heavy (non-hydrogen) atoms. The zero-order valence-electron chi connectivity index (χ0n) is 11.4. The Kier molecular flexibility index (Phi) is 3.28. The number of hydrogen-bond donors (Lipinski definition) is 0. The molecular weight excluding hydrogens is 298 g/mol. The van der Waals surface area contributed by atoms with Crippen LogP contribution < -0.4 is 0 Å². The van der Waals surface area contributed by atoms with Gasteiger partial charge < -0.3 is 4.40 Å². The number of rotatable bonds is 4. The minimum Gasteiger partial charge on any atom is -0.304 e. The molecule has 0 unspecified atom stereocenters. The number of thioether (sulfide) groups is 1. The molecular formula is C14H11N7S. The van der Waals surface area contributed by atoms with E-state index in [-0.39, 0.29) is 0 Å². The van der Waals surface area contributed by atoms with E-state index >= 15 is 0 Å². The average molecular weight is 309 g/mol. The molecule has 7 nitrogen and oxygen atoms in total. The number of para-hydroxylation sites is 1. The maximum atomic E-state index is 4.52. The fraction of sp³-hybridized carbons (Fsp3) is 0.0714. The standard InChI is InChI=1S/C14H11N7S/c1-2-4-12(5-3-1)21-14(17-18-19-21)22-10-11-9-20-7-6-15-8-13(20)16-11/h1-9H,10H2. The highest BCUT2D eigenvalue weighted by Gasteiger charge is 2.10. The molecule has 0 spiro atoms. The topological polar surface area (TPSA) is 73.8 Å². The number of benzene rings is 1. The van der Waals surface area contributed by atoms with Crippen LogP contribution in [0.15, 0.2) is 60.3 Å².